The normalized spacial score (nSPS) is 13.7. The summed E-state index contributed by atoms with van der Waals surface area (Å²) in [6, 6.07) is 14.7. The first-order valence-electron chi connectivity index (χ1n) is 15.6. The lowest BCUT2D eigenvalue weighted by molar-refractivity contribution is -0.135. The summed E-state index contributed by atoms with van der Waals surface area (Å²) in [5, 5.41) is 2.12. The zero-order valence-electron chi connectivity index (χ0n) is 27.6. The van der Waals surface area contributed by atoms with Gasteiger partial charge >= 0.3 is 0 Å². The van der Waals surface area contributed by atoms with Crippen LogP contribution >= 0.6 is 23.7 Å². The van der Waals surface area contributed by atoms with Crippen LogP contribution in [-0.2, 0) is 24.2 Å². The van der Waals surface area contributed by atoms with E-state index in [4.69, 9.17) is 14.2 Å². The highest BCUT2D eigenvalue weighted by Crippen LogP contribution is 2.40. The van der Waals surface area contributed by atoms with Crippen molar-refractivity contribution >= 4 is 35.4 Å². The molecule has 246 valence electrons. The molecule has 1 aromatic heterocycles. The first-order valence-corrected chi connectivity index (χ1v) is 16.4. The van der Waals surface area contributed by atoms with Crippen molar-refractivity contribution in [2.24, 2.45) is 5.41 Å². The molecule has 45 heavy (non-hydrogen) atoms. The Bertz CT molecular complexity index is 1400. The molecular weight excluding hydrogens is 608 g/mol. The van der Waals surface area contributed by atoms with Crippen LogP contribution in [0.25, 0.3) is 0 Å². The zero-order chi connectivity index (χ0) is 31.7. The molecule has 0 atom stereocenters. The SMILES string of the molecule is COc1ccc(CN2CCN(C(=O)CC(C)(C)CC(=O)c3cc(CCCCc4ccc(C)cc4)cs3)CC2)c(OC)c1OC.Cl. The Morgan fingerprint density at radius 3 is 2.09 bits per heavy atom. The molecule has 9 heteroatoms. The van der Waals surface area contributed by atoms with Crippen molar-refractivity contribution in [2.45, 2.75) is 65.8 Å². The van der Waals surface area contributed by atoms with E-state index in [1.807, 2.05) is 30.9 Å². The second-order valence-corrected chi connectivity index (χ2v) is 13.5. The van der Waals surface area contributed by atoms with Crippen molar-refractivity contribution in [1.82, 2.24) is 9.80 Å². The van der Waals surface area contributed by atoms with Gasteiger partial charge in [-0.1, -0.05) is 49.7 Å². The smallest absolute Gasteiger partial charge is 0.223 e. The number of nitrogens with zero attached hydrogens (tertiary/aromatic N) is 2. The third kappa shape index (κ3) is 10.2. The summed E-state index contributed by atoms with van der Waals surface area (Å²) in [6.45, 7) is 9.73. The van der Waals surface area contributed by atoms with E-state index in [0.29, 0.717) is 49.7 Å². The monoisotopic (exact) mass is 656 g/mol. The van der Waals surface area contributed by atoms with Crippen LogP contribution in [0.4, 0.5) is 0 Å². The number of unbranched alkanes of at least 4 members (excludes halogenated alkanes) is 1. The summed E-state index contributed by atoms with van der Waals surface area (Å²) < 4.78 is 16.6. The second-order valence-electron chi connectivity index (χ2n) is 12.6. The number of carbonyl (C=O) groups excluding carboxylic acids is 2. The van der Waals surface area contributed by atoms with Gasteiger partial charge in [0.2, 0.25) is 11.7 Å². The van der Waals surface area contributed by atoms with Crippen LogP contribution in [0.15, 0.2) is 47.8 Å². The highest BCUT2D eigenvalue weighted by atomic mass is 35.5. The van der Waals surface area contributed by atoms with E-state index in [9.17, 15) is 9.59 Å². The minimum Gasteiger partial charge on any atom is -0.493 e. The number of benzene rings is 2. The molecular formula is C36H49ClN2O5S. The van der Waals surface area contributed by atoms with Crippen LogP contribution in [0.3, 0.4) is 0 Å². The van der Waals surface area contributed by atoms with Gasteiger partial charge in [0.15, 0.2) is 17.3 Å². The van der Waals surface area contributed by atoms with Crippen LogP contribution in [-0.4, -0.2) is 69.0 Å². The molecule has 1 fully saturated rings. The number of aryl methyl sites for hydroxylation is 3. The van der Waals surface area contributed by atoms with E-state index in [1.54, 1.807) is 21.3 Å². The molecule has 0 unspecified atom stereocenters. The summed E-state index contributed by atoms with van der Waals surface area (Å²) in [7, 11) is 4.85. The second kappa shape index (κ2) is 17.0. The quantitative estimate of drug-likeness (QED) is 0.125. The number of amides is 1. The van der Waals surface area contributed by atoms with Crippen LogP contribution in [0, 0.1) is 12.3 Å². The van der Waals surface area contributed by atoms with E-state index in [2.05, 4.69) is 47.5 Å². The van der Waals surface area contributed by atoms with Crippen molar-refractivity contribution in [1.29, 1.82) is 0 Å². The Morgan fingerprint density at radius 2 is 1.47 bits per heavy atom. The average Bonchev–Trinajstić information content (AvgIpc) is 3.49. The number of ether oxygens (including phenoxy) is 3. The lowest BCUT2D eigenvalue weighted by Gasteiger charge is -2.36. The maximum Gasteiger partial charge on any atom is 0.223 e. The van der Waals surface area contributed by atoms with Crippen LogP contribution in [0.5, 0.6) is 17.2 Å². The minimum atomic E-state index is -0.406. The summed E-state index contributed by atoms with van der Waals surface area (Å²) in [5.74, 6) is 2.14. The molecule has 0 aliphatic carbocycles. The van der Waals surface area contributed by atoms with Gasteiger partial charge in [0.05, 0.1) is 26.2 Å². The van der Waals surface area contributed by atoms with E-state index < -0.39 is 5.41 Å². The summed E-state index contributed by atoms with van der Waals surface area (Å²) in [4.78, 5) is 31.5. The largest absolute Gasteiger partial charge is 0.493 e. The predicted octanol–water partition coefficient (Wildman–Crippen LogP) is 7.40. The molecule has 2 heterocycles. The number of ketones is 1. The van der Waals surface area contributed by atoms with Crippen molar-refractivity contribution in [3.63, 3.8) is 0 Å². The Balaban J connectivity index is 0.00000552. The first kappa shape index (κ1) is 36.4. The van der Waals surface area contributed by atoms with Gasteiger partial charge in [-0.05, 0) is 66.7 Å². The summed E-state index contributed by atoms with van der Waals surface area (Å²) in [5.41, 5.74) is 4.52. The number of carbonyl (C=O) groups is 2. The maximum atomic E-state index is 13.3. The third-order valence-electron chi connectivity index (χ3n) is 8.40. The lowest BCUT2D eigenvalue weighted by atomic mass is 9.83. The molecule has 0 spiro atoms. The van der Waals surface area contributed by atoms with Gasteiger partial charge in [-0.25, -0.2) is 0 Å². The first-order chi connectivity index (χ1) is 21.1. The third-order valence-corrected chi connectivity index (χ3v) is 9.42. The number of rotatable bonds is 15. The van der Waals surface area contributed by atoms with E-state index in [-0.39, 0.29) is 24.1 Å². The van der Waals surface area contributed by atoms with Crippen molar-refractivity contribution in [3.05, 3.63) is 75.0 Å². The van der Waals surface area contributed by atoms with Crippen LogP contribution in [0.1, 0.15) is 71.5 Å². The number of piperazine rings is 1. The van der Waals surface area contributed by atoms with Crippen molar-refractivity contribution in [2.75, 3.05) is 47.5 Å². The van der Waals surface area contributed by atoms with Gasteiger partial charge in [0.1, 0.15) is 0 Å². The van der Waals surface area contributed by atoms with Crippen LogP contribution < -0.4 is 14.2 Å². The molecule has 2 aromatic carbocycles. The molecule has 1 aliphatic rings. The fraction of sp³-hybridized carbons (Fsp3) is 0.500. The molecule has 3 aromatic rings. The standard InChI is InChI=1S/C36H48N2O5S.ClH/c1-26-11-13-27(14-12-26)9-7-8-10-28-21-32(44-25-28)30(39)22-36(2,3)23-33(40)38-19-17-37(18-20-38)24-29-15-16-31(41-4)35(43-6)34(29)42-5;/h11-16,21,25H,7-10,17-20,22-24H2,1-6H3;1H. The summed E-state index contributed by atoms with van der Waals surface area (Å²) in [6.07, 6.45) is 5.04. The number of thiophene rings is 1. The Morgan fingerprint density at radius 1 is 0.822 bits per heavy atom. The van der Waals surface area contributed by atoms with Gasteiger partial charge in [0.25, 0.3) is 0 Å². The fourth-order valence-corrected chi connectivity index (χ4v) is 6.74. The van der Waals surface area contributed by atoms with E-state index in [0.717, 1.165) is 49.2 Å². The molecule has 1 saturated heterocycles. The maximum absolute atomic E-state index is 13.3. The molecule has 0 radical (unpaired) electrons. The molecule has 1 amide bonds. The molecule has 0 N–H and O–H groups in total. The van der Waals surface area contributed by atoms with E-state index >= 15 is 0 Å². The lowest BCUT2D eigenvalue weighted by Crippen LogP contribution is -2.49. The minimum absolute atomic E-state index is 0. The van der Waals surface area contributed by atoms with E-state index in [1.165, 1.54) is 28.0 Å². The number of hydrogen-bond donors (Lipinski definition) is 0. The van der Waals surface area contributed by atoms with Gasteiger partial charge in [-0.3, -0.25) is 14.5 Å². The summed E-state index contributed by atoms with van der Waals surface area (Å²) >= 11 is 1.53. The highest BCUT2D eigenvalue weighted by Gasteiger charge is 2.30. The molecule has 7 nitrogen and oxygen atoms in total. The number of Topliss-reactive ketones (excluding diaryl/α,β-unsaturated/α-hetero) is 1. The Kier molecular flexibility index (Phi) is 13.8. The number of halogens is 1. The fourth-order valence-electron chi connectivity index (χ4n) is 5.86. The highest BCUT2D eigenvalue weighted by molar-refractivity contribution is 7.12. The molecule has 1 aliphatic heterocycles. The Hall–Kier alpha value is -3.07. The van der Waals surface area contributed by atoms with Crippen molar-refractivity contribution in [3.8, 4) is 17.2 Å². The van der Waals surface area contributed by atoms with Crippen molar-refractivity contribution < 1.29 is 23.8 Å². The molecule has 0 saturated carbocycles. The van der Waals surface area contributed by atoms with Crippen LogP contribution in [0.2, 0.25) is 0 Å². The molecule has 4 rings (SSSR count). The topological polar surface area (TPSA) is 68.3 Å². The zero-order valence-corrected chi connectivity index (χ0v) is 29.3. The number of methoxy groups -OCH3 is 3. The van der Waals surface area contributed by atoms with Gasteiger partial charge < -0.3 is 19.1 Å². The predicted molar refractivity (Wildman–Crippen MR) is 185 cm³/mol. The molecule has 0 bridgehead atoms. The van der Waals surface area contributed by atoms with Gasteiger partial charge in [0, 0.05) is 51.1 Å². The van der Waals surface area contributed by atoms with Gasteiger partial charge in [-0.2, -0.15) is 0 Å². The van der Waals surface area contributed by atoms with Gasteiger partial charge in [-0.15, -0.1) is 23.7 Å². The average molecular weight is 657 g/mol. The Labute approximate surface area is 279 Å². The number of hydrogen-bond acceptors (Lipinski definition) is 7.